The smallest absolute Gasteiger partial charge is 0.188 e. The highest BCUT2D eigenvalue weighted by atomic mass is 127. The van der Waals surface area contributed by atoms with Crippen molar-refractivity contribution in [2.24, 2.45) is 10.7 Å². The first-order valence-corrected chi connectivity index (χ1v) is 9.88. The summed E-state index contributed by atoms with van der Waals surface area (Å²) < 4.78 is 6.70. The number of benzene rings is 1. The fraction of sp³-hybridized carbons (Fsp3) is 0.632. The molecule has 140 valence electrons. The summed E-state index contributed by atoms with van der Waals surface area (Å²) in [6.45, 7) is 2.31. The first-order valence-electron chi connectivity index (χ1n) is 9.08. The Kier molecular flexibility index (Phi) is 8.48. The van der Waals surface area contributed by atoms with Crippen molar-refractivity contribution in [1.29, 1.82) is 0 Å². The maximum absolute atomic E-state index is 6.18. The summed E-state index contributed by atoms with van der Waals surface area (Å²) in [6, 6.07) is 9.13. The van der Waals surface area contributed by atoms with E-state index in [1.807, 2.05) is 0 Å². The van der Waals surface area contributed by atoms with E-state index >= 15 is 0 Å². The summed E-state index contributed by atoms with van der Waals surface area (Å²) in [5.74, 6) is 0.602. The molecular formula is C19H29BrIN3O. The summed E-state index contributed by atoms with van der Waals surface area (Å²) in [4.78, 5) is 4.73. The number of hydrogen-bond acceptors (Lipinski definition) is 2. The zero-order valence-electron chi connectivity index (χ0n) is 14.7. The molecule has 25 heavy (non-hydrogen) atoms. The Morgan fingerprint density at radius 3 is 2.44 bits per heavy atom. The molecule has 1 aliphatic heterocycles. The number of nitrogens with zero attached hydrogens (tertiary/aromatic N) is 1. The van der Waals surface area contributed by atoms with Crippen LogP contribution in [0, 0.1) is 0 Å². The van der Waals surface area contributed by atoms with Gasteiger partial charge in [0.1, 0.15) is 0 Å². The molecule has 0 aromatic heterocycles. The number of nitrogens with two attached hydrogens (primary N) is 1. The van der Waals surface area contributed by atoms with Crippen LogP contribution in [-0.4, -0.2) is 31.8 Å². The van der Waals surface area contributed by atoms with Crippen LogP contribution in [0.4, 0.5) is 0 Å². The van der Waals surface area contributed by atoms with Gasteiger partial charge in [0, 0.05) is 29.1 Å². The van der Waals surface area contributed by atoms with Crippen molar-refractivity contribution < 1.29 is 4.74 Å². The predicted molar refractivity (Wildman–Crippen MR) is 118 cm³/mol. The molecule has 0 atom stereocenters. The van der Waals surface area contributed by atoms with E-state index in [1.165, 1.54) is 37.7 Å². The summed E-state index contributed by atoms with van der Waals surface area (Å²) in [5.41, 5.74) is 7.56. The second kappa shape index (κ2) is 10.1. The van der Waals surface area contributed by atoms with Crippen molar-refractivity contribution in [1.82, 2.24) is 5.32 Å². The number of hydrogen-bond donors (Lipinski definition) is 2. The van der Waals surface area contributed by atoms with Gasteiger partial charge in [-0.1, -0.05) is 47.3 Å². The number of halogens is 2. The van der Waals surface area contributed by atoms with Crippen LogP contribution in [0.5, 0.6) is 0 Å². The second-order valence-electron chi connectivity index (χ2n) is 7.08. The average Bonchev–Trinajstić information content (AvgIpc) is 2.62. The molecule has 3 N–H and O–H groups in total. The molecule has 1 aromatic carbocycles. The van der Waals surface area contributed by atoms with Gasteiger partial charge < -0.3 is 15.8 Å². The zero-order valence-corrected chi connectivity index (χ0v) is 18.6. The molecule has 0 bridgehead atoms. The quantitative estimate of drug-likeness (QED) is 0.352. The van der Waals surface area contributed by atoms with Crippen molar-refractivity contribution in [2.75, 3.05) is 19.8 Å². The predicted octanol–water partition coefficient (Wildman–Crippen LogP) is 4.35. The minimum absolute atomic E-state index is 0. The van der Waals surface area contributed by atoms with Crippen LogP contribution in [0.15, 0.2) is 33.7 Å². The Balaban J connectivity index is 0.00000225. The molecule has 6 heteroatoms. The summed E-state index contributed by atoms with van der Waals surface area (Å²) in [5, 5.41) is 3.43. The van der Waals surface area contributed by atoms with Gasteiger partial charge in [0.15, 0.2) is 5.96 Å². The van der Waals surface area contributed by atoms with Crippen LogP contribution in [0.1, 0.15) is 50.5 Å². The van der Waals surface area contributed by atoms with Gasteiger partial charge in [-0.25, -0.2) is 0 Å². The standard InChI is InChI=1S/C19H28BrN3O.HI/c20-16-8-6-15(7-9-16)19(10-12-24-13-11-19)14-22-18(21)23-17-4-2-1-3-5-17;/h6-9,17H,1-5,10-14H2,(H3,21,22,23);1H. The van der Waals surface area contributed by atoms with E-state index in [4.69, 9.17) is 15.5 Å². The van der Waals surface area contributed by atoms with Gasteiger partial charge in [-0.15, -0.1) is 24.0 Å². The van der Waals surface area contributed by atoms with Gasteiger partial charge in [0.25, 0.3) is 0 Å². The van der Waals surface area contributed by atoms with E-state index in [2.05, 4.69) is 45.5 Å². The molecule has 1 aromatic rings. The highest BCUT2D eigenvalue weighted by Crippen LogP contribution is 2.35. The van der Waals surface area contributed by atoms with Crippen LogP contribution in [0.25, 0.3) is 0 Å². The molecule has 1 aliphatic carbocycles. The second-order valence-corrected chi connectivity index (χ2v) is 8.00. The first-order chi connectivity index (χ1) is 11.7. The van der Waals surface area contributed by atoms with E-state index < -0.39 is 0 Å². The molecule has 2 aliphatic rings. The molecular weight excluding hydrogens is 493 g/mol. The van der Waals surface area contributed by atoms with E-state index in [-0.39, 0.29) is 29.4 Å². The molecule has 0 unspecified atom stereocenters. The maximum Gasteiger partial charge on any atom is 0.188 e. The topological polar surface area (TPSA) is 59.6 Å². The van der Waals surface area contributed by atoms with Crippen molar-refractivity contribution in [2.45, 2.75) is 56.4 Å². The molecule has 1 saturated carbocycles. The average molecular weight is 522 g/mol. The Morgan fingerprint density at radius 2 is 1.80 bits per heavy atom. The lowest BCUT2D eigenvalue weighted by molar-refractivity contribution is 0.0531. The van der Waals surface area contributed by atoms with E-state index in [9.17, 15) is 0 Å². The van der Waals surface area contributed by atoms with Crippen molar-refractivity contribution in [3.63, 3.8) is 0 Å². The lowest BCUT2D eigenvalue weighted by Crippen LogP contribution is -2.43. The van der Waals surface area contributed by atoms with Crippen molar-refractivity contribution in [3.8, 4) is 0 Å². The lowest BCUT2D eigenvalue weighted by atomic mass is 9.74. The first kappa shape index (κ1) is 21.0. The normalized spacial score (nSPS) is 21.4. The molecule has 0 radical (unpaired) electrons. The maximum atomic E-state index is 6.18. The number of aliphatic imine (C=N–C) groups is 1. The SMILES string of the molecule is I.NC(=NCC1(c2ccc(Br)cc2)CCOCC1)NC1CCCCC1. The van der Waals surface area contributed by atoms with Gasteiger partial charge in [-0.3, -0.25) is 4.99 Å². The third-order valence-corrected chi connectivity index (χ3v) is 5.94. The van der Waals surface area contributed by atoms with E-state index in [0.717, 1.165) is 37.1 Å². The third kappa shape index (κ3) is 5.82. The van der Waals surface area contributed by atoms with Gasteiger partial charge in [0.05, 0.1) is 6.54 Å². The fourth-order valence-electron chi connectivity index (χ4n) is 3.84. The number of nitrogens with one attached hydrogen (secondary N) is 1. The van der Waals surface area contributed by atoms with Crippen LogP contribution in [0.2, 0.25) is 0 Å². The van der Waals surface area contributed by atoms with E-state index in [1.54, 1.807) is 0 Å². The molecule has 4 nitrogen and oxygen atoms in total. The van der Waals surface area contributed by atoms with Crippen LogP contribution >= 0.6 is 39.9 Å². The summed E-state index contributed by atoms with van der Waals surface area (Å²) in [7, 11) is 0. The Morgan fingerprint density at radius 1 is 1.16 bits per heavy atom. The van der Waals surface area contributed by atoms with Crippen molar-refractivity contribution in [3.05, 3.63) is 34.3 Å². The van der Waals surface area contributed by atoms with E-state index in [0.29, 0.717) is 12.0 Å². The molecule has 0 amide bonds. The highest BCUT2D eigenvalue weighted by molar-refractivity contribution is 14.0. The monoisotopic (exact) mass is 521 g/mol. The van der Waals surface area contributed by atoms with Crippen molar-refractivity contribution >= 4 is 45.9 Å². The van der Waals surface area contributed by atoms with Gasteiger partial charge in [0.2, 0.25) is 0 Å². The minimum atomic E-state index is 0. The molecule has 3 rings (SSSR count). The van der Waals surface area contributed by atoms with Crippen LogP contribution < -0.4 is 11.1 Å². The van der Waals surface area contributed by atoms with Gasteiger partial charge >= 0.3 is 0 Å². The molecule has 0 spiro atoms. The number of ether oxygens (including phenoxy) is 1. The molecule has 1 heterocycles. The largest absolute Gasteiger partial charge is 0.381 e. The Bertz CT molecular complexity index is 552. The highest BCUT2D eigenvalue weighted by Gasteiger charge is 2.34. The van der Waals surface area contributed by atoms with Crippen LogP contribution in [0.3, 0.4) is 0 Å². The third-order valence-electron chi connectivity index (χ3n) is 5.42. The summed E-state index contributed by atoms with van der Waals surface area (Å²) in [6.07, 6.45) is 8.35. The Labute approximate surface area is 176 Å². The molecule has 1 saturated heterocycles. The fourth-order valence-corrected chi connectivity index (χ4v) is 4.11. The number of rotatable bonds is 4. The summed E-state index contributed by atoms with van der Waals surface area (Å²) >= 11 is 3.52. The molecule has 2 fully saturated rings. The van der Waals surface area contributed by atoms with Gasteiger partial charge in [-0.2, -0.15) is 0 Å². The Hall–Kier alpha value is -0.340. The van der Waals surface area contributed by atoms with Gasteiger partial charge in [-0.05, 0) is 43.4 Å². The number of guanidine groups is 1. The van der Waals surface area contributed by atoms with Crippen LogP contribution in [-0.2, 0) is 10.2 Å². The lowest BCUT2D eigenvalue weighted by Gasteiger charge is -2.36. The zero-order chi connectivity index (χ0) is 16.8. The minimum Gasteiger partial charge on any atom is -0.381 e.